The van der Waals surface area contributed by atoms with Gasteiger partial charge in [-0.25, -0.2) is 0 Å². The average molecular weight is 242 g/mol. The summed E-state index contributed by atoms with van der Waals surface area (Å²) >= 11 is 0. The van der Waals surface area contributed by atoms with Crippen molar-refractivity contribution in [2.24, 2.45) is 0 Å². The van der Waals surface area contributed by atoms with Crippen LogP contribution in [0.3, 0.4) is 0 Å². The SMILES string of the molecule is COC(C)c1cccc(-c2nncc(C)c2C)c1. The van der Waals surface area contributed by atoms with E-state index in [0.29, 0.717) is 0 Å². The predicted molar refractivity (Wildman–Crippen MR) is 72.4 cm³/mol. The first-order valence-corrected chi connectivity index (χ1v) is 6.05. The van der Waals surface area contributed by atoms with Gasteiger partial charge in [-0.2, -0.15) is 10.2 Å². The highest BCUT2D eigenvalue weighted by Crippen LogP contribution is 2.25. The van der Waals surface area contributed by atoms with Crippen molar-refractivity contribution in [1.29, 1.82) is 0 Å². The maximum Gasteiger partial charge on any atom is 0.0961 e. The second-order valence-corrected chi connectivity index (χ2v) is 4.50. The van der Waals surface area contributed by atoms with E-state index >= 15 is 0 Å². The summed E-state index contributed by atoms with van der Waals surface area (Å²) in [5.74, 6) is 0. The van der Waals surface area contributed by atoms with Gasteiger partial charge in [-0.05, 0) is 43.5 Å². The van der Waals surface area contributed by atoms with E-state index in [0.717, 1.165) is 22.4 Å². The molecule has 0 aliphatic rings. The third kappa shape index (κ3) is 2.41. The Hall–Kier alpha value is -1.74. The van der Waals surface area contributed by atoms with Crippen molar-refractivity contribution in [3.05, 3.63) is 47.2 Å². The molecule has 0 saturated heterocycles. The molecule has 18 heavy (non-hydrogen) atoms. The maximum absolute atomic E-state index is 5.35. The smallest absolute Gasteiger partial charge is 0.0961 e. The normalized spacial score (nSPS) is 12.4. The minimum absolute atomic E-state index is 0.0861. The van der Waals surface area contributed by atoms with Crippen LogP contribution < -0.4 is 0 Å². The van der Waals surface area contributed by atoms with E-state index in [1.54, 1.807) is 13.3 Å². The summed E-state index contributed by atoms with van der Waals surface area (Å²) in [5, 5.41) is 8.28. The molecule has 0 spiro atoms. The van der Waals surface area contributed by atoms with Crippen molar-refractivity contribution in [2.45, 2.75) is 26.9 Å². The summed E-state index contributed by atoms with van der Waals surface area (Å²) in [6.07, 6.45) is 1.88. The number of methoxy groups -OCH3 is 1. The lowest BCUT2D eigenvalue weighted by molar-refractivity contribution is 0.119. The van der Waals surface area contributed by atoms with E-state index in [4.69, 9.17) is 4.74 Å². The molecule has 1 aromatic carbocycles. The van der Waals surface area contributed by atoms with Crippen LogP contribution in [0.15, 0.2) is 30.5 Å². The van der Waals surface area contributed by atoms with Crippen LogP contribution in [0.25, 0.3) is 11.3 Å². The Morgan fingerprint density at radius 2 is 2.00 bits per heavy atom. The van der Waals surface area contributed by atoms with Crippen molar-refractivity contribution in [2.75, 3.05) is 7.11 Å². The van der Waals surface area contributed by atoms with Crippen molar-refractivity contribution in [1.82, 2.24) is 10.2 Å². The summed E-state index contributed by atoms with van der Waals surface area (Å²) in [7, 11) is 1.72. The Morgan fingerprint density at radius 1 is 1.22 bits per heavy atom. The number of hydrogen-bond donors (Lipinski definition) is 0. The fourth-order valence-electron chi connectivity index (χ4n) is 1.88. The summed E-state index contributed by atoms with van der Waals surface area (Å²) in [5.41, 5.74) is 5.51. The molecule has 2 rings (SSSR count). The summed E-state index contributed by atoms with van der Waals surface area (Å²) in [6, 6.07) is 8.27. The van der Waals surface area contributed by atoms with E-state index in [-0.39, 0.29) is 6.10 Å². The zero-order chi connectivity index (χ0) is 13.1. The molecule has 0 radical (unpaired) electrons. The molecule has 1 heterocycles. The molecular weight excluding hydrogens is 224 g/mol. The van der Waals surface area contributed by atoms with Crippen LogP contribution in [0.2, 0.25) is 0 Å². The molecule has 3 heteroatoms. The van der Waals surface area contributed by atoms with Gasteiger partial charge >= 0.3 is 0 Å². The van der Waals surface area contributed by atoms with Crippen LogP contribution in [0.4, 0.5) is 0 Å². The monoisotopic (exact) mass is 242 g/mol. The lowest BCUT2D eigenvalue weighted by atomic mass is 10.0. The van der Waals surface area contributed by atoms with E-state index in [9.17, 15) is 0 Å². The summed E-state index contributed by atoms with van der Waals surface area (Å²) in [6.45, 7) is 6.16. The van der Waals surface area contributed by atoms with E-state index in [1.807, 2.05) is 13.0 Å². The van der Waals surface area contributed by atoms with Crippen molar-refractivity contribution >= 4 is 0 Å². The Bertz CT molecular complexity index is 552. The molecule has 0 bridgehead atoms. The van der Waals surface area contributed by atoms with Crippen LogP contribution in [-0.4, -0.2) is 17.3 Å². The first-order valence-electron chi connectivity index (χ1n) is 6.05. The third-order valence-electron chi connectivity index (χ3n) is 3.34. The van der Waals surface area contributed by atoms with Gasteiger partial charge in [-0.1, -0.05) is 18.2 Å². The highest BCUT2D eigenvalue weighted by Gasteiger charge is 2.09. The predicted octanol–water partition coefficient (Wildman–Crippen LogP) is 3.47. The molecule has 0 aliphatic carbocycles. The molecule has 1 unspecified atom stereocenters. The second kappa shape index (κ2) is 5.27. The third-order valence-corrected chi connectivity index (χ3v) is 3.34. The number of benzene rings is 1. The first kappa shape index (κ1) is 12.7. The average Bonchev–Trinajstić information content (AvgIpc) is 2.41. The van der Waals surface area contributed by atoms with E-state index in [2.05, 4.69) is 42.2 Å². The minimum Gasteiger partial charge on any atom is -0.377 e. The standard InChI is InChI=1S/C15H18N2O/c1-10-9-16-17-15(11(10)2)14-7-5-6-13(8-14)12(3)18-4/h5-9,12H,1-4H3. The van der Waals surface area contributed by atoms with Gasteiger partial charge in [0.05, 0.1) is 18.0 Å². The molecule has 2 aromatic rings. The van der Waals surface area contributed by atoms with Crippen LogP contribution in [-0.2, 0) is 4.74 Å². The summed E-state index contributed by atoms with van der Waals surface area (Å²) in [4.78, 5) is 0. The number of aryl methyl sites for hydroxylation is 1. The number of ether oxygens (including phenoxy) is 1. The van der Waals surface area contributed by atoms with E-state index in [1.165, 1.54) is 5.56 Å². The summed E-state index contributed by atoms with van der Waals surface area (Å²) < 4.78 is 5.35. The van der Waals surface area contributed by atoms with Gasteiger partial charge in [0.15, 0.2) is 0 Å². The molecule has 94 valence electrons. The van der Waals surface area contributed by atoms with Gasteiger partial charge in [-0.3, -0.25) is 0 Å². The number of aromatic nitrogens is 2. The minimum atomic E-state index is 0.0861. The van der Waals surface area contributed by atoms with Crippen LogP contribution in [0.1, 0.15) is 29.7 Å². The lowest BCUT2D eigenvalue weighted by Crippen LogP contribution is -1.98. The molecule has 0 N–H and O–H groups in total. The molecule has 3 nitrogen and oxygen atoms in total. The zero-order valence-corrected chi connectivity index (χ0v) is 11.3. The largest absolute Gasteiger partial charge is 0.377 e. The van der Waals surface area contributed by atoms with E-state index < -0.39 is 0 Å². The fraction of sp³-hybridized carbons (Fsp3) is 0.333. The van der Waals surface area contributed by atoms with Crippen LogP contribution in [0, 0.1) is 13.8 Å². The molecule has 0 amide bonds. The Kier molecular flexibility index (Phi) is 3.72. The van der Waals surface area contributed by atoms with Gasteiger partial charge in [0, 0.05) is 12.7 Å². The number of rotatable bonds is 3. The van der Waals surface area contributed by atoms with Gasteiger partial charge in [0.1, 0.15) is 0 Å². The van der Waals surface area contributed by atoms with Crippen molar-refractivity contribution < 1.29 is 4.74 Å². The van der Waals surface area contributed by atoms with Gasteiger partial charge in [-0.15, -0.1) is 0 Å². The topological polar surface area (TPSA) is 35.0 Å². The van der Waals surface area contributed by atoms with Crippen molar-refractivity contribution in [3.8, 4) is 11.3 Å². The Morgan fingerprint density at radius 3 is 2.72 bits per heavy atom. The van der Waals surface area contributed by atoms with Gasteiger partial charge in [0.2, 0.25) is 0 Å². The maximum atomic E-state index is 5.35. The highest BCUT2D eigenvalue weighted by atomic mass is 16.5. The highest BCUT2D eigenvalue weighted by molar-refractivity contribution is 5.64. The molecule has 1 aromatic heterocycles. The van der Waals surface area contributed by atoms with Crippen LogP contribution in [0.5, 0.6) is 0 Å². The fourth-order valence-corrected chi connectivity index (χ4v) is 1.88. The molecule has 1 atom stereocenters. The molecule has 0 fully saturated rings. The zero-order valence-electron chi connectivity index (χ0n) is 11.3. The van der Waals surface area contributed by atoms with Gasteiger partial charge < -0.3 is 4.74 Å². The Balaban J connectivity index is 2.48. The molecule has 0 saturated carbocycles. The van der Waals surface area contributed by atoms with Gasteiger partial charge in [0.25, 0.3) is 0 Å². The quantitative estimate of drug-likeness (QED) is 0.826. The first-order chi connectivity index (χ1) is 8.63. The second-order valence-electron chi connectivity index (χ2n) is 4.50. The molecular formula is C15H18N2O. The number of nitrogens with zero attached hydrogens (tertiary/aromatic N) is 2. The van der Waals surface area contributed by atoms with Crippen molar-refractivity contribution in [3.63, 3.8) is 0 Å². The number of hydrogen-bond acceptors (Lipinski definition) is 3. The Labute approximate surface area is 108 Å². The lowest BCUT2D eigenvalue weighted by Gasteiger charge is -2.12. The molecule has 0 aliphatic heterocycles. The van der Waals surface area contributed by atoms with Crippen LogP contribution >= 0.6 is 0 Å².